The third-order valence-corrected chi connectivity index (χ3v) is 4.15. The summed E-state index contributed by atoms with van der Waals surface area (Å²) in [6, 6.07) is 10.3. The first-order valence-electron chi connectivity index (χ1n) is 6.42. The van der Waals surface area contributed by atoms with E-state index in [9.17, 15) is 4.79 Å². The average Bonchev–Trinajstić information content (AvgIpc) is 2.87. The van der Waals surface area contributed by atoms with Crippen LogP contribution in [0.2, 0.25) is 0 Å². The maximum atomic E-state index is 11.6. The fourth-order valence-electron chi connectivity index (χ4n) is 1.87. The smallest absolute Gasteiger partial charge is 0.357 e. The molecule has 1 heterocycles. The summed E-state index contributed by atoms with van der Waals surface area (Å²) in [6.45, 7) is 2.75. The van der Waals surface area contributed by atoms with Gasteiger partial charge in [-0.1, -0.05) is 30.3 Å². The summed E-state index contributed by atoms with van der Waals surface area (Å²) in [4.78, 5) is 18.9. The van der Waals surface area contributed by atoms with Crippen LogP contribution in [0, 0.1) is 6.92 Å². The minimum Gasteiger partial charge on any atom is -0.464 e. The first-order valence-corrected chi connectivity index (χ1v) is 7.24. The van der Waals surface area contributed by atoms with Crippen molar-refractivity contribution < 1.29 is 9.53 Å². The number of carbonyl (C=O) groups excluding carboxylic acids is 1. The van der Waals surface area contributed by atoms with E-state index in [-0.39, 0.29) is 5.97 Å². The van der Waals surface area contributed by atoms with Crippen LogP contribution in [0.4, 0.5) is 5.13 Å². The van der Waals surface area contributed by atoms with E-state index < -0.39 is 0 Å². The number of rotatable bonds is 5. The van der Waals surface area contributed by atoms with Crippen molar-refractivity contribution in [3.05, 3.63) is 46.5 Å². The monoisotopic (exact) mass is 290 g/mol. The number of hydrogen-bond donors (Lipinski definition) is 0. The predicted molar refractivity (Wildman–Crippen MR) is 81.6 cm³/mol. The number of ether oxygens (including phenoxy) is 1. The van der Waals surface area contributed by atoms with Gasteiger partial charge in [0, 0.05) is 18.5 Å². The summed E-state index contributed by atoms with van der Waals surface area (Å²) < 4.78 is 4.73. The molecule has 0 fully saturated rings. The molecule has 0 spiro atoms. The standard InChI is InChI=1S/C15H18N2O2S/c1-11-13(14(18)19-3)16-15(20-11)17(2)10-9-12-7-5-4-6-8-12/h4-8H,9-10H2,1-3H3. The van der Waals surface area contributed by atoms with Gasteiger partial charge in [-0.25, -0.2) is 9.78 Å². The summed E-state index contributed by atoms with van der Waals surface area (Å²) in [5.74, 6) is -0.374. The minimum absolute atomic E-state index is 0.374. The van der Waals surface area contributed by atoms with E-state index in [1.165, 1.54) is 24.0 Å². The number of benzene rings is 1. The van der Waals surface area contributed by atoms with Gasteiger partial charge in [-0.3, -0.25) is 0 Å². The molecule has 1 aromatic carbocycles. The number of aromatic nitrogens is 1. The van der Waals surface area contributed by atoms with Crippen molar-refractivity contribution in [2.45, 2.75) is 13.3 Å². The molecule has 5 heteroatoms. The van der Waals surface area contributed by atoms with Crippen LogP contribution in [0.3, 0.4) is 0 Å². The first-order chi connectivity index (χ1) is 9.61. The van der Waals surface area contributed by atoms with Crippen molar-refractivity contribution in [2.75, 3.05) is 25.6 Å². The Morgan fingerprint density at radius 3 is 2.70 bits per heavy atom. The Hall–Kier alpha value is -1.88. The molecule has 0 radical (unpaired) electrons. The number of thiazole rings is 1. The van der Waals surface area contributed by atoms with Crippen molar-refractivity contribution in [3.63, 3.8) is 0 Å². The second-order valence-corrected chi connectivity index (χ2v) is 5.73. The van der Waals surface area contributed by atoms with Crippen molar-refractivity contribution in [1.82, 2.24) is 4.98 Å². The van der Waals surface area contributed by atoms with Crippen LogP contribution in [-0.4, -0.2) is 31.7 Å². The molecule has 0 bridgehead atoms. The van der Waals surface area contributed by atoms with Crippen LogP contribution in [0.15, 0.2) is 30.3 Å². The van der Waals surface area contributed by atoms with E-state index in [1.54, 1.807) is 0 Å². The van der Waals surface area contributed by atoms with Gasteiger partial charge in [-0.15, -0.1) is 11.3 Å². The maximum absolute atomic E-state index is 11.6. The molecule has 0 aliphatic heterocycles. The average molecular weight is 290 g/mol. The van der Waals surface area contributed by atoms with Gasteiger partial charge in [0.05, 0.1) is 7.11 Å². The Balaban J connectivity index is 2.02. The summed E-state index contributed by atoms with van der Waals surface area (Å²) in [6.07, 6.45) is 0.948. The highest BCUT2D eigenvalue weighted by Crippen LogP contribution is 2.25. The minimum atomic E-state index is -0.374. The number of hydrogen-bond acceptors (Lipinski definition) is 5. The molecule has 0 unspecified atom stereocenters. The number of carbonyl (C=O) groups is 1. The highest BCUT2D eigenvalue weighted by Gasteiger charge is 2.17. The molecule has 4 nitrogen and oxygen atoms in total. The zero-order valence-electron chi connectivity index (χ0n) is 11.9. The van der Waals surface area contributed by atoms with Crippen LogP contribution in [0.25, 0.3) is 0 Å². The number of esters is 1. The second-order valence-electron chi connectivity index (χ2n) is 4.55. The van der Waals surface area contributed by atoms with Gasteiger partial charge < -0.3 is 9.64 Å². The molecule has 2 rings (SSSR count). The molecule has 0 amide bonds. The quantitative estimate of drug-likeness (QED) is 0.794. The molecule has 0 N–H and O–H groups in total. The molecule has 0 aliphatic rings. The molecule has 1 aromatic heterocycles. The number of methoxy groups -OCH3 is 1. The summed E-state index contributed by atoms with van der Waals surface area (Å²) in [7, 11) is 3.36. The molecule has 0 saturated carbocycles. The lowest BCUT2D eigenvalue weighted by atomic mass is 10.1. The number of anilines is 1. The third kappa shape index (κ3) is 3.36. The second kappa shape index (κ2) is 6.52. The zero-order valence-corrected chi connectivity index (χ0v) is 12.7. The van der Waals surface area contributed by atoms with Gasteiger partial charge in [-0.05, 0) is 18.9 Å². The lowest BCUT2D eigenvalue weighted by Gasteiger charge is -2.15. The van der Waals surface area contributed by atoms with Crippen LogP contribution in [0.5, 0.6) is 0 Å². The third-order valence-electron chi connectivity index (χ3n) is 3.07. The molecule has 0 atom stereocenters. The van der Waals surface area contributed by atoms with Crippen molar-refractivity contribution in [3.8, 4) is 0 Å². The predicted octanol–water partition coefficient (Wildman–Crippen LogP) is 2.92. The van der Waals surface area contributed by atoms with Gasteiger partial charge in [0.15, 0.2) is 10.8 Å². The zero-order chi connectivity index (χ0) is 14.5. The van der Waals surface area contributed by atoms with Gasteiger partial charge >= 0.3 is 5.97 Å². The van der Waals surface area contributed by atoms with E-state index in [0.717, 1.165) is 23.0 Å². The normalized spacial score (nSPS) is 10.3. The SMILES string of the molecule is COC(=O)c1nc(N(C)CCc2ccccc2)sc1C. The molecule has 20 heavy (non-hydrogen) atoms. The number of nitrogens with zero attached hydrogens (tertiary/aromatic N) is 2. The van der Waals surface area contributed by atoms with Gasteiger partial charge in [-0.2, -0.15) is 0 Å². The van der Waals surface area contributed by atoms with Crippen LogP contribution >= 0.6 is 11.3 Å². The first kappa shape index (κ1) is 14.5. The Labute approximate surface area is 123 Å². The van der Waals surface area contributed by atoms with E-state index in [1.807, 2.05) is 32.2 Å². The molecule has 2 aromatic rings. The van der Waals surface area contributed by atoms with Crippen LogP contribution in [0.1, 0.15) is 20.9 Å². The summed E-state index contributed by atoms with van der Waals surface area (Å²) in [5.41, 5.74) is 1.71. The molecule has 106 valence electrons. The lowest BCUT2D eigenvalue weighted by molar-refractivity contribution is 0.0594. The van der Waals surface area contributed by atoms with E-state index in [0.29, 0.717) is 5.69 Å². The fraction of sp³-hybridized carbons (Fsp3) is 0.333. The Kier molecular flexibility index (Phi) is 4.74. The van der Waals surface area contributed by atoms with Gasteiger partial charge in [0.25, 0.3) is 0 Å². The van der Waals surface area contributed by atoms with Gasteiger partial charge in [0.2, 0.25) is 0 Å². The molecular formula is C15H18N2O2S. The number of likely N-dealkylation sites (N-methyl/N-ethyl adjacent to an activating group) is 1. The fourth-order valence-corrected chi connectivity index (χ4v) is 2.75. The lowest BCUT2D eigenvalue weighted by Crippen LogP contribution is -2.20. The van der Waals surface area contributed by atoms with Crippen LogP contribution in [-0.2, 0) is 11.2 Å². The molecule has 0 aliphatic carbocycles. The Morgan fingerprint density at radius 2 is 2.05 bits per heavy atom. The van der Waals surface area contributed by atoms with Gasteiger partial charge in [0.1, 0.15) is 0 Å². The van der Waals surface area contributed by atoms with Crippen molar-refractivity contribution in [2.24, 2.45) is 0 Å². The highest BCUT2D eigenvalue weighted by molar-refractivity contribution is 7.15. The largest absolute Gasteiger partial charge is 0.464 e. The van der Waals surface area contributed by atoms with Crippen molar-refractivity contribution >= 4 is 22.4 Å². The maximum Gasteiger partial charge on any atom is 0.357 e. The van der Waals surface area contributed by atoms with E-state index in [2.05, 4.69) is 22.0 Å². The Morgan fingerprint density at radius 1 is 1.35 bits per heavy atom. The highest BCUT2D eigenvalue weighted by atomic mass is 32.1. The summed E-state index contributed by atoms with van der Waals surface area (Å²) >= 11 is 1.52. The number of aryl methyl sites for hydroxylation is 1. The van der Waals surface area contributed by atoms with Crippen LogP contribution < -0.4 is 4.90 Å². The van der Waals surface area contributed by atoms with E-state index in [4.69, 9.17) is 4.74 Å². The van der Waals surface area contributed by atoms with E-state index >= 15 is 0 Å². The summed E-state index contributed by atoms with van der Waals surface area (Å²) in [5, 5.41) is 0.846. The Bertz CT molecular complexity index is 581. The van der Waals surface area contributed by atoms with Crippen molar-refractivity contribution in [1.29, 1.82) is 0 Å². The molecular weight excluding hydrogens is 272 g/mol. The topological polar surface area (TPSA) is 42.4 Å². The molecule has 0 saturated heterocycles.